The second-order valence-electron chi connectivity index (χ2n) is 5.69. The second kappa shape index (κ2) is 8.17. The highest BCUT2D eigenvalue weighted by atomic mass is 35.5. The van der Waals surface area contributed by atoms with E-state index >= 15 is 0 Å². The van der Waals surface area contributed by atoms with Gasteiger partial charge >= 0.3 is 0 Å². The van der Waals surface area contributed by atoms with Crippen molar-refractivity contribution < 1.29 is 14.3 Å². The van der Waals surface area contributed by atoms with Gasteiger partial charge in [0.1, 0.15) is 5.75 Å². The first kappa shape index (κ1) is 16.8. The summed E-state index contributed by atoms with van der Waals surface area (Å²) in [6, 6.07) is 7.05. The van der Waals surface area contributed by atoms with Gasteiger partial charge in [-0.05, 0) is 37.1 Å². The number of anilines is 1. The number of carbonyl (C=O) groups is 1. The molecule has 1 aromatic heterocycles. The summed E-state index contributed by atoms with van der Waals surface area (Å²) in [5.74, 6) is 0.581. The van der Waals surface area contributed by atoms with Crippen LogP contribution in [0.4, 0.5) is 5.69 Å². The predicted molar refractivity (Wildman–Crippen MR) is 91.4 cm³/mol. The van der Waals surface area contributed by atoms with Crippen LogP contribution in [0.5, 0.6) is 5.75 Å². The summed E-state index contributed by atoms with van der Waals surface area (Å²) in [6.07, 6.45) is 6.11. The molecule has 2 heterocycles. The van der Waals surface area contributed by atoms with E-state index in [2.05, 4.69) is 10.4 Å². The van der Waals surface area contributed by atoms with Gasteiger partial charge in [0.2, 0.25) is 5.91 Å². The van der Waals surface area contributed by atoms with Crippen LogP contribution in [-0.4, -0.2) is 35.0 Å². The molecule has 2 aromatic rings. The maximum Gasteiger partial charge on any atom is 0.227 e. The van der Waals surface area contributed by atoms with Crippen LogP contribution in [-0.2, 0) is 16.1 Å². The van der Waals surface area contributed by atoms with Crippen molar-refractivity contribution in [2.45, 2.75) is 31.9 Å². The van der Waals surface area contributed by atoms with E-state index in [1.807, 2.05) is 6.20 Å². The standard InChI is InChI=1S/C17H20ClN3O3/c18-13-3-5-15(6-4-13)24-9-7-17(22)20-14-10-19-21(11-14)12-16-2-1-8-23-16/h3-6,10-11,16H,1-2,7-9,12H2,(H,20,22)/t16-/m0/s1. The van der Waals surface area contributed by atoms with Gasteiger partial charge in [0.25, 0.3) is 0 Å². The molecule has 1 saturated heterocycles. The topological polar surface area (TPSA) is 65.4 Å². The molecule has 3 rings (SSSR count). The zero-order chi connectivity index (χ0) is 16.8. The van der Waals surface area contributed by atoms with E-state index in [1.54, 1.807) is 35.1 Å². The van der Waals surface area contributed by atoms with Crippen molar-refractivity contribution in [3.8, 4) is 5.75 Å². The molecule has 24 heavy (non-hydrogen) atoms. The van der Waals surface area contributed by atoms with Crippen molar-refractivity contribution in [2.75, 3.05) is 18.5 Å². The van der Waals surface area contributed by atoms with Gasteiger partial charge in [-0.2, -0.15) is 5.10 Å². The van der Waals surface area contributed by atoms with Crippen LogP contribution in [0.2, 0.25) is 5.02 Å². The van der Waals surface area contributed by atoms with Crippen molar-refractivity contribution >= 4 is 23.2 Å². The molecule has 1 aromatic carbocycles. The first-order valence-corrected chi connectivity index (χ1v) is 8.39. The summed E-state index contributed by atoms with van der Waals surface area (Å²) in [5, 5.41) is 7.72. The highest BCUT2D eigenvalue weighted by Gasteiger charge is 2.16. The quantitative estimate of drug-likeness (QED) is 0.834. The van der Waals surface area contributed by atoms with E-state index in [4.69, 9.17) is 21.1 Å². The lowest BCUT2D eigenvalue weighted by Gasteiger charge is -2.08. The summed E-state index contributed by atoms with van der Waals surface area (Å²) >= 11 is 5.81. The Bertz CT molecular complexity index is 666. The van der Waals surface area contributed by atoms with Crippen molar-refractivity contribution in [2.24, 2.45) is 0 Å². The van der Waals surface area contributed by atoms with Gasteiger partial charge in [-0.25, -0.2) is 0 Å². The molecule has 1 aliphatic rings. The molecular weight excluding hydrogens is 330 g/mol. The van der Waals surface area contributed by atoms with E-state index in [9.17, 15) is 4.79 Å². The number of amides is 1. The third-order valence-electron chi connectivity index (χ3n) is 3.74. The van der Waals surface area contributed by atoms with Gasteiger partial charge in [-0.1, -0.05) is 11.6 Å². The minimum atomic E-state index is -0.111. The summed E-state index contributed by atoms with van der Waals surface area (Å²) < 4.78 is 12.9. The van der Waals surface area contributed by atoms with Gasteiger partial charge in [0.15, 0.2) is 0 Å². The maximum absolute atomic E-state index is 11.9. The molecule has 0 radical (unpaired) electrons. The first-order valence-electron chi connectivity index (χ1n) is 8.01. The Balaban J connectivity index is 1.39. The molecule has 7 heteroatoms. The SMILES string of the molecule is O=C(CCOc1ccc(Cl)cc1)Nc1cnn(C[C@@H]2CCCO2)c1. The lowest BCUT2D eigenvalue weighted by atomic mass is 10.2. The number of aromatic nitrogens is 2. The number of benzene rings is 1. The Hall–Kier alpha value is -2.05. The molecule has 1 aliphatic heterocycles. The summed E-state index contributed by atoms with van der Waals surface area (Å²) in [7, 11) is 0. The largest absolute Gasteiger partial charge is 0.493 e. The van der Waals surface area contributed by atoms with Gasteiger partial charge in [0, 0.05) is 17.8 Å². The zero-order valence-electron chi connectivity index (χ0n) is 13.3. The van der Waals surface area contributed by atoms with Crippen molar-refractivity contribution in [1.29, 1.82) is 0 Å². The molecule has 6 nitrogen and oxygen atoms in total. The number of rotatable bonds is 7. The minimum Gasteiger partial charge on any atom is -0.493 e. The van der Waals surface area contributed by atoms with Crippen LogP contribution in [0.25, 0.3) is 0 Å². The number of hydrogen-bond donors (Lipinski definition) is 1. The van der Waals surface area contributed by atoms with Gasteiger partial charge in [-0.3, -0.25) is 9.48 Å². The number of hydrogen-bond acceptors (Lipinski definition) is 4. The average molecular weight is 350 g/mol. The Morgan fingerprint density at radius 2 is 2.25 bits per heavy atom. The normalized spacial score (nSPS) is 17.0. The fourth-order valence-corrected chi connectivity index (χ4v) is 2.67. The molecule has 0 aliphatic carbocycles. The van der Waals surface area contributed by atoms with Crippen LogP contribution in [0.15, 0.2) is 36.7 Å². The summed E-state index contributed by atoms with van der Waals surface area (Å²) in [4.78, 5) is 11.9. The number of nitrogens with zero attached hydrogens (tertiary/aromatic N) is 2. The van der Waals surface area contributed by atoms with Crippen LogP contribution in [0, 0.1) is 0 Å². The monoisotopic (exact) mass is 349 g/mol. The van der Waals surface area contributed by atoms with E-state index in [-0.39, 0.29) is 18.4 Å². The molecule has 0 unspecified atom stereocenters. The van der Waals surface area contributed by atoms with E-state index < -0.39 is 0 Å². The van der Waals surface area contributed by atoms with Crippen molar-refractivity contribution in [3.63, 3.8) is 0 Å². The Morgan fingerprint density at radius 1 is 1.42 bits per heavy atom. The van der Waals surface area contributed by atoms with Crippen LogP contribution >= 0.6 is 11.6 Å². The zero-order valence-corrected chi connectivity index (χ0v) is 14.0. The third-order valence-corrected chi connectivity index (χ3v) is 4.00. The van der Waals surface area contributed by atoms with Crippen molar-refractivity contribution in [3.05, 3.63) is 41.7 Å². The van der Waals surface area contributed by atoms with Crippen LogP contribution < -0.4 is 10.1 Å². The fourth-order valence-electron chi connectivity index (χ4n) is 2.54. The lowest BCUT2D eigenvalue weighted by molar-refractivity contribution is -0.116. The van der Waals surface area contributed by atoms with Crippen molar-refractivity contribution in [1.82, 2.24) is 9.78 Å². The number of nitrogens with one attached hydrogen (secondary N) is 1. The van der Waals surface area contributed by atoms with Gasteiger partial charge in [0.05, 0.1) is 37.6 Å². The Morgan fingerprint density at radius 3 is 3.00 bits per heavy atom. The van der Waals surface area contributed by atoms with E-state index in [0.717, 1.165) is 26.0 Å². The number of ether oxygens (including phenoxy) is 2. The number of halogens is 1. The molecule has 1 N–H and O–H groups in total. The molecule has 1 atom stereocenters. The molecule has 0 spiro atoms. The fraction of sp³-hybridized carbons (Fsp3) is 0.412. The lowest BCUT2D eigenvalue weighted by Crippen LogP contribution is -2.16. The third kappa shape index (κ3) is 4.97. The highest BCUT2D eigenvalue weighted by molar-refractivity contribution is 6.30. The average Bonchev–Trinajstić information content (AvgIpc) is 3.22. The first-order chi connectivity index (χ1) is 11.7. The number of carbonyl (C=O) groups excluding carboxylic acids is 1. The van der Waals surface area contributed by atoms with Gasteiger partial charge < -0.3 is 14.8 Å². The smallest absolute Gasteiger partial charge is 0.227 e. The Labute approximate surface area is 145 Å². The second-order valence-corrected chi connectivity index (χ2v) is 6.12. The molecule has 1 fully saturated rings. The van der Waals surface area contributed by atoms with Crippen LogP contribution in [0.1, 0.15) is 19.3 Å². The van der Waals surface area contributed by atoms with E-state index in [1.165, 1.54) is 0 Å². The molecule has 128 valence electrons. The summed E-state index contributed by atoms with van der Waals surface area (Å²) in [6.45, 7) is 1.84. The van der Waals surface area contributed by atoms with E-state index in [0.29, 0.717) is 23.1 Å². The molecule has 1 amide bonds. The van der Waals surface area contributed by atoms with Gasteiger partial charge in [-0.15, -0.1) is 0 Å². The molecule has 0 bridgehead atoms. The Kier molecular flexibility index (Phi) is 5.72. The minimum absolute atomic E-state index is 0.111. The van der Waals surface area contributed by atoms with Crippen LogP contribution in [0.3, 0.4) is 0 Å². The maximum atomic E-state index is 11.9. The molecule has 0 saturated carbocycles. The molecular formula is C17H20ClN3O3. The summed E-state index contributed by atoms with van der Waals surface area (Å²) in [5.41, 5.74) is 0.685. The predicted octanol–water partition coefficient (Wildman–Crippen LogP) is 3.12. The highest BCUT2D eigenvalue weighted by Crippen LogP contribution is 2.16.